The second-order valence-corrected chi connectivity index (χ2v) is 5.87. The highest BCUT2D eigenvalue weighted by molar-refractivity contribution is 6.29. The third-order valence-electron chi connectivity index (χ3n) is 3.60. The Labute approximate surface area is 150 Å². The summed E-state index contributed by atoms with van der Waals surface area (Å²) < 4.78 is 1.79. The molecule has 0 aliphatic carbocycles. The highest BCUT2D eigenvalue weighted by Crippen LogP contribution is 2.11. The summed E-state index contributed by atoms with van der Waals surface area (Å²) in [6.07, 6.45) is 5.18. The molecule has 0 aromatic carbocycles. The van der Waals surface area contributed by atoms with E-state index in [1.165, 1.54) is 0 Å². The monoisotopic (exact) mass is 356 g/mol. The molecule has 3 aromatic rings. The molecule has 0 fully saturated rings. The highest BCUT2D eigenvalue weighted by atomic mass is 35.5. The zero-order valence-corrected chi connectivity index (χ0v) is 14.7. The smallest absolute Gasteiger partial charge is 0.143 e. The predicted molar refractivity (Wildman–Crippen MR) is 94.3 cm³/mol. The van der Waals surface area contributed by atoms with E-state index in [1.54, 1.807) is 29.3 Å². The molecule has 7 nitrogen and oxygen atoms in total. The van der Waals surface area contributed by atoms with Crippen molar-refractivity contribution in [2.24, 2.45) is 5.16 Å². The van der Waals surface area contributed by atoms with Crippen molar-refractivity contribution < 1.29 is 4.84 Å². The Balaban J connectivity index is 1.67. The lowest BCUT2D eigenvalue weighted by Gasteiger charge is -2.04. The lowest BCUT2D eigenvalue weighted by molar-refractivity contribution is 0.130. The number of oxime groups is 1. The predicted octanol–water partition coefficient (Wildman–Crippen LogP) is 3.02. The van der Waals surface area contributed by atoms with Crippen LogP contribution >= 0.6 is 11.6 Å². The molecule has 0 spiro atoms. The molecular formula is C17H17ClN6O. The van der Waals surface area contributed by atoms with Crippen molar-refractivity contribution in [3.8, 4) is 0 Å². The minimum Gasteiger partial charge on any atom is -0.391 e. The Hall–Kier alpha value is -2.80. The van der Waals surface area contributed by atoms with Crippen molar-refractivity contribution in [2.75, 3.05) is 0 Å². The first-order chi connectivity index (χ1) is 12.1. The lowest BCUT2D eigenvalue weighted by Crippen LogP contribution is -2.06. The number of halogens is 1. The molecule has 0 aliphatic rings. The number of hydrogen-bond acceptors (Lipinski definition) is 6. The molecule has 0 saturated heterocycles. The Morgan fingerprint density at radius 1 is 1.24 bits per heavy atom. The van der Waals surface area contributed by atoms with Gasteiger partial charge in [0.1, 0.15) is 23.2 Å². The van der Waals surface area contributed by atoms with Gasteiger partial charge in [-0.1, -0.05) is 34.1 Å². The maximum Gasteiger partial charge on any atom is 0.143 e. The topological polar surface area (TPSA) is 78.1 Å². The highest BCUT2D eigenvalue weighted by Gasteiger charge is 2.12. The van der Waals surface area contributed by atoms with Crippen molar-refractivity contribution in [2.45, 2.75) is 27.0 Å². The second kappa shape index (κ2) is 7.85. The average molecular weight is 357 g/mol. The molecule has 0 N–H and O–H groups in total. The number of hydrogen-bond donors (Lipinski definition) is 0. The van der Waals surface area contributed by atoms with E-state index < -0.39 is 0 Å². The molecule has 0 unspecified atom stereocenters. The second-order valence-electron chi connectivity index (χ2n) is 5.48. The van der Waals surface area contributed by atoms with Crippen molar-refractivity contribution in [3.63, 3.8) is 0 Å². The Morgan fingerprint density at radius 2 is 2.12 bits per heavy atom. The zero-order chi connectivity index (χ0) is 17.6. The molecule has 3 aromatic heterocycles. The van der Waals surface area contributed by atoms with Crippen molar-refractivity contribution in [1.29, 1.82) is 0 Å². The van der Waals surface area contributed by atoms with Crippen molar-refractivity contribution in [1.82, 2.24) is 25.0 Å². The average Bonchev–Trinajstić information content (AvgIpc) is 2.98. The van der Waals surface area contributed by atoms with Crippen LogP contribution in [0, 0.1) is 6.92 Å². The fraction of sp³-hybridized carbons (Fsp3) is 0.235. The summed E-state index contributed by atoms with van der Waals surface area (Å²) in [5, 5.41) is 13.0. The standard InChI is InChI=1S/C17H17ClN6O/c1-12(22-25-11-15-4-3-7-19-8-15)17-13(2)24(23-21-17)10-14-5-6-16(18)20-9-14/h3-9H,10-11H2,1-2H3/b22-12+. The molecular weight excluding hydrogens is 340 g/mol. The normalized spacial score (nSPS) is 11.6. The first-order valence-electron chi connectivity index (χ1n) is 7.70. The molecule has 0 amide bonds. The Kier molecular flexibility index (Phi) is 5.35. The summed E-state index contributed by atoms with van der Waals surface area (Å²) in [5.41, 5.74) is 4.22. The Bertz CT molecular complexity index is 861. The summed E-state index contributed by atoms with van der Waals surface area (Å²) in [4.78, 5) is 13.5. The van der Waals surface area contributed by atoms with Gasteiger partial charge in [0.15, 0.2) is 0 Å². The van der Waals surface area contributed by atoms with E-state index in [1.807, 2.05) is 32.0 Å². The Morgan fingerprint density at radius 3 is 2.84 bits per heavy atom. The molecule has 8 heteroatoms. The van der Waals surface area contributed by atoms with Gasteiger partial charge in [0.25, 0.3) is 0 Å². The molecule has 0 atom stereocenters. The van der Waals surface area contributed by atoms with Gasteiger partial charge < -0.3 is 4.84 Å². The van der Waals surface area contributed by atoms with Crippen LogP contribution in [0.3, 0.4) is 0 Å². The SMILES string of the molecule is C/C(=N\OCc1cccnc1)c1nnn(Cc2ccc(Cl)nc2)c1C. The quantitative estimate of drug-likeness (QED) is 0.385. The molecule has 0 saturated carbocycles. The van der Waals surface area contributed by atoms with Crippen LogP contribution in [0.2, 0.25) is 5.15 Å². The van der Waals surface area contributed by atoms with Gasteiger partial charge in [-0.25, -0.2) is 9.67 Å². The lowest BCUT2D eigenvalue weighted by atomic mass is 10.2. The van der Waals surface area contributed by atoms with E-state index in [0.29, 0.717) is 29.7 Å². The summed E-state index contributed by atoms with van der Waals surface area (Å²) in [6.45, 7) is 4.70. The van der Waals surface area contributed by atoms with E-state index >= 15 is 0 Å². The fourth-order valence-electron chi connectivity index (χ4n) is 2.25. The van der Waals surface area contributed by atoms with E-state index in [4.69, 9.17) is 16.4 Å². The van der Waals surface area contributed by atoms with Crippen LogP contribution in [0.1, 0.15) is 29.4 Å². The molecule has 0 bridgehead atoms. The third kappa shape index (κ3) is 4.39. The van der Waals surface area contributed by atoms with Crippen LogP contribution in [-0.4, -0.2) is 30.7 Å². The number of aromatic nitrogens is 5. The van der Waals surface area contributed by atoms with Gasteiger partial charge in [0.2, 0.25) is 0 Å². The molecule has 0 radical (unpaired) electrons. The number of rotatable bonds is 6. The first kappa shape index (κ1) is 17.0. The molecule has 0 aliphatic heterocycles. The third-order valence-corrected chi connectivity index (χ3v) is 3.83. The largest absolute Gasteiger partial charge is 0.391 e. The van der Waals surface area contributed by atoms with Gasteiger partial charge in [-0.05, 0) is 31.5 Å². The molecule has 128 valence electrons. The number of pyridine rings is 2. The van der Waals surface area contributed by atoms with Gasteiger partial charge in [0, 0.05) is 24.2 Å². The van der Waals surface area contributed by atoms with E-state index in [9.17, 15) is 0 Å². The summed E-state index contributed by atoms with van der Waals surface area (Å²) in [6, 6.07) is 7.45. The first-order valence-corrected chi connectivity index (χ1v) is 8.07. The van der Waals surface area contributed by atoms with E-state index in [-0.39, 0.29) is 0 Å². The molecule has 25 heavy (non-hydrogen) atoms. The van der Waals surface area contributed by atoms with Crippen LogP contribution in [0.4, 0.5) is 0 Å². The van der Waals surface area contributed by atoms with Gasteiger partial charge in [-0.2, -0.15) is 0 Å². The summed E-state index contributed by atoms with van der Waals surface area (Å²) in [5.74, 6) is 0. The minimum atomic E-state index is 0.356. The van der Waals surface area contributed by atoms with Gasteiger partial charge >= 0.3 is 0 Å². The van der Waals surface area contributed by atoms with Crippen molar-refractivity contribution >= 4 is 17.3 Å². The summed E-state index contributed by atoms with van der Waals surface area (Å²) >= 11 is 5.80. The zero-order valence-electron chi connectivity index (χ0n) is 13.9. The van der Waals surface area contributed by atoms with Crippen LogP contribution < -0.4 is 0 Å². The van der Waals surface area contributed by atoms with Crippen LogP contribution in [0.15, 0.2) is 48.0 Å². The fourth-order valence-corrected chi connectivity index (χ4v) is 2.36. The van der Waals surface area contributed by atoms with Crippen LogP contribution in [0.5, 0.6) is 0 Å². The van der Waals surface area contributed by atoms with Gasteiger partial charge in [-0.3, -0.25) is 4.98 Å². The van der Waals surface area contributed by atoms with E-state index in [0.717, 1.165) is 16.8 Å². The molecule has 3 heterocycles. The number of nitrogens with zero attached hydrogens (tertiary/aromatic N) is 6. The van der Waals surface area contributed by atoms with Crippen LogP contribution in [0.25, 0.3) is 0 Å². The van der Waals surface area contributed by atoms with Crippen molar-refractivity contribution in [3.05, 3.63) is 70.5 Å². The maximum atomic E-state index is 5.80. The minimum absolute atomic E-state index is 0.356. The molecule has 3 rings (SSSR count). The van der Waals surface area contributed by atoms with Gasteiger partial charge in [0.05, 0.1) is 12.2 Å². The summed E-state index contributed by atoms with van der Waals surface area (Å²) in [7, 11) is 0. The maximum absolute atomic E-state index is 5.80. The van der Waals surface area contributed by atoms with E-state index in [2.05, 4.69) is 25.4 Å². The van der Waals surface area contributed by atoms with Crippen LogP contribution in [-0.2, 0) is 18.0 Å². The van der Waals surface area contributed by atoms with Gasteiger partial charge in [-0.15, -0.1) is 5.10 Å².